The quantitative estimate of drug-likeness (QED) is 0.0342. The lowest BCUT2D eigenvalue weighted by Gasteiger charge is -2.41. The SMILES string of the molecule is CCCCC/C=C\C/C=C\CCCCCCCC(=O)OCC(COC(=O)CC12CC3[C@H](CC(C)C[C@H]3C1)C2)COC(=O)OCCCN(CC)CC. The first-order valence-electron chi connectivity index (χ1n) is 20.9. The number of hydrogen-bond donors (Lipinski definition) is 0. The number of esters is 2. The second kappa shape index (κ2) is 24.8. The van der Waals surface area contributed by atoms with Crippen LogP contribution in [-0.2, 0) is 28.5 Å². The minimum Gasteiger partial charge on any atom is -0.465 e. The van der Waals surface area contributed by atoms with Crippen molar-refractivity contribution in [3.8, 4) is 0 Å². The molecule has 0 aromatic carbocycles. The van der Waals surface area contributed by atoms with Gasteiger partial charge in [0.1, 0.15) is 19.8 Å². The van der Waals surface area contributed by atoms with Crippen LogP contribution in [-0.4, -0.2) is 69.1 Å². The molecule has 51 heavy (non-hydrogen) atoms. The molecule has 0 saturated heterocycles. The molecule has 8 heteroatoms. The number of ether oxygens (including phenoxy) is 4. The Morgan fingerprint density at radius 3 is 1.98 bits per heavy atom. The molecular weight excluding hydrogens is 642 g/mol. The summed E-state index contributed by atoms with van der Waals surface area (Å²) in [5.74, 6) is 2.21. The number of allylic oxidation sites excluding steroid dienone is 4. The lowest BCUT2D eigenvalue weighted by Crippen LogP contribution is -2.33. The summed E-state index contributed by atoms with van der Waals surface area (Å²) < 4.78 is 22.1. The summed E-state index contributed by atoms with van der Waals surface area (Å²) in [5.41, 5.74) is 0.0894. The Balaban J connectivity index is 1.32. The van der Waals surface area contributed by atoms with E-state index in [-0.39, 0.29) is 43.8 Å². The van der Waals surface area contributed by atoms with Crippen LogP contribution in [0.15, 0.2) is 24.3 Å². The third-order valence-corrected chi connectivity index (χ3v) is 11.7. The van der Waals surface area contributed by atoms with Gasteiger partial charge in [0, 0.05) is 13.0 Å². The van der Waals surface area contributed by atoms with Crippen LogP contribution < -0.4 is 0 Å². The Labute approximate surface area is 310 Å². The fourth-order valence-electron chi connectivity index (χ4n) is 9.03. The third kappa shape index (κ3) is 16.9. The van der Waals surface area contributed by atoms with E-state index in [1.807, 2.05) is 0 Å². The van der Waals surface area contributed by atoms with Gasteiger partial charge in [-0.1, -0.05) is 84.1 Å². The highest BCUT2D eigenvalue weighted by molar-refractivity contribution is 5.70. The predicted molar refractivity (Wildman–Crippen MR) is 204 cm³/mol. The fourth-order valence-corrected chi connectivity index (χ4v) is 9.03. The lowest BCUT2D eigenvalue weighted by atomic mass is 9.64. The number of hydrogen-bond acceptors (Lipinski definition) is 8. The van der Waals surface area contributed by atoms with Crippen molar-refractivity contribution in [3.05, 3.63) is 24.3 Å². The highest BCUT2D eigenvalue weighted by atomic mass is 16.7. The molecule has 3 aliphatic rings. The molecule has 292 valence electrons. The summed E-state index contributed by atoms with van der Waals surface area (Å²) in [5, 5.41) is 0. The highest BCUT2D eigenvalue weighted by Gasteiger charge is 2.57. The van der Waals surface area contributed by atoms with Crippen LogP contribution in [0.25, 0.3) is 0 Å². The Hall–Kier alpha value is -2.35. The van der Waals surface area contributed by atoms with Crippen LogP contribution >= 0.6 is 0 Å². The number of carbonyl (C=O) groups is 3. The molecule has 0 spiro atoms. The van der Waals surface area contributed by atoms with Crippen molar-refractivity contribution in [2.24, 2.45) is 35.0 Å². The van der Waals surface area contributed by atoms with Crippen LogP contribution in [0.4, 0.5) is 4.79 Å². The fraction of sp³-hybridized carbons (Fsp3) is 0.837. The number of fused-ring (bicyclic) bond motifs is 1. The van der Waals surface area contributed by atoms with Crippen LogP contribution in [0.5, 0.6) is 0 Å². The first-order valence-corrected chi connectivity index (χ1v) is 20.9. The molecule has 8 nitrogen and oxygen atoms in total. The van der Waals surface area contributed by atoms with Crippen molar-refractivity contribution in [2.75, 3.05) is 46.1 Å². The zero-order valence-corrected chi connectivity index (χ0v) is 32.9. The minimum absolute atomic E-state index is 0.0333. The van der Waals surface area contributed by atoms with Gasteiger partial charge in [-0.05, 0) is 119 Å². The molecule has 3 rings (SSSR count). The summed E-state index contributed by atoms with van der Waals surface area (Å²) in [6.45, 7) is 11.9. The second-order valence-electron chi connectivity index (χ2n) is 16.1. The van der Waals surface area contributed by atoms with E-state index in [1.165, 1.54) is 44.9 Å². The van der Waals surface area contributed by atoms with Crippen LogP contribution in [0.2, 0.25) is 0 Å². The molecule has 0 aromatic rings. The first-order chi connectivity index (χ1) is 24.8. The van der Waals surface area contributed by atoms with Gasteiger partial charge in [0.2, 0.25) is 0 Å². The summed E-state index contributed by atoms with van der Waals surface area (Å²) in [4.78, 5) is 40.3. The van der Waals surface area contributed by atoms with Gasteiger partial charge < -0.3 is 23.8 Å². The van der Waals surface area contributed by atoms with E-state index >= 15 is 0 Å². The maximum absolute atomic E-state index is 13.1. The molecule has 4 unspecified atom stereocenters. The molecule has 0 aliphatic heterocycles. The van der Waals surface area contributed by atoms with Gasteiger partial charge in [0.05, 0.1) is 18.9 Å². The monoisotopic (exact) mass is 716 g/mol. The van der Waals surface area contributed by atoms with Gasteiger partial charge in [-0.3, -0.25) is 9.59 Å². The number of carbonyl (C=O) groups excluding carboxylic acids is 3. The molecule has 0 radical (unpaired) electrons. The first kappa shape index (κ1) is 43.1. The van der Waals surface area contributed by atoms with Gasteiger partial charge in [0.25, 0.3) is 0 Å². The maximum Gasteiger partial charge on any atom is 0.508 e. The molecule has 0 aromatic heterocycles. The zero-order chi connectivity index (χ0) is 36.7. The summed E-state index contributed by atoms with van der Waals surface area (Å²) >= 11 is 0. The molecule has 2 bridgehead atoms. The van der Waals surface area contributed by atoms with E-state index in [2.05, 4.69) is 56.9 Å². The smallest absolute Gasteiger partial charge is 0.465 e. The van der Waals surface area contributed by atoms with Crippen LogP contribution in [0, 0.1) is 35.0 Å². The van der Waals surface area contributed by atoms with E-state index < -0.39 is 12.1 Å². The van der Waals surface area contributed by atoms with Crippen molar-refractivity contribution in [1.29, 1.82) is 0 Å². The predicted octanol–water partition coefficient (Wildman–Crippen LogP) is 10.2. The van der Waals surface area contributed by atoms with E-state index in [0.29, 0.717) is 12.8 Å². The normalized spacial score (nSPS) is 24.4. The molecule has 3 fully saturated rings. The Kier molecular flexibility index (Phi) is 20.9. The van der Waals surface area contributed by atoms with Gasteiger partial charge in [-0.15, -0.1) is 0 Å². The Morgan fingerprint density at radius 2 is 1.31 bits per heavy atom. The van der Waals surface area contributed by atoms with Crippen molar-refractivity contribution >= 4 is 18.1 Å². The average Bonchev–Trinajstić information content (AvgIpc) is 3.65. The molecular formula is C43H73NO7. The van der Waals surface area contributed by atoms with Gasteiger partial charge in [-0.2, -0.15) is 0 Å². The highest BCUT2D eigenvalue weighted by Crippen LogP contribution is 2.66. The minimum atomic E-state index is -0.745. The van der Waals surface area contributed by atoms with Crippen molar-refractivity contribution in [3.63, 3.8) is 0 Å². The van der Waals surface area contributed by atoms with Crippen LogP contribution in [0.3, 0.4) is 0 Å². The van der Waals surface area contributed by atoms with Crippen LogP contribution in [0.1, 0.15) is 150 Å². The van der Waals surface area contributed by atoms with Crippen molar-refractivity contribution in [1.82, 2.24) is 4.90 Å². The van der Waals surface area contributed by atoms with Gasteiger partial charge >= 0.3 is 18.1 Å². The van der Waals surface area contributed by atoms with Crippen molar-refractivity contribution in [2.45, 2.75) is 150 Å². The summed E-state index contributed by atoms with van der Waals surface area (Å²) in [6, 6.07) is 0. The Bertz CT molecular complexity index is 1040. The number of unbranched alkanes of at least 4 members (excludes halogenated alkanes) is 8. The van der Waals surface area contributed by atoms with E-state index in [4.69, 9.17) is 18.9 Å². The van der Waals surface area contributed by atoms with E-state index in [9.17, 15) is 14.4 Å². The average molecular weight is 716 g/mol. The molecule has 3 saturated carbocycles. The van der Waals surface area contributed by atoms with E-state index in [1.54, 1.807) is 0 Å². The maximum atomic E-state index is 13.1. The van der Waals surface area contributed by atoms with Crippen molar-refractivity contribution < 1.29 is 33.3 Å². The number of rotatable bonds is 28. The molecule has 0 amide bonds. The van der Waals surface area contributed by atoms with Gasteiger partial charge in [0.15, 0.2) is 0 Å². The summed E-state index contributed by atoms with van der Waals surface area (Å²) in [7, 11) is 0. The molecule has 3 aliphatic carbocycles. The molecule has 0 N–H and O–H groups in total. The molecule has 0 heterocycles. The Morgan fingerprint density at radius 1 is 0.706 bits per heavy atom. The standard InChI is InChI=1S/C43H73NO7/c1-5-8-9-10-11-12-13-14-15-16-17-18-19-20-21-23-40(45)49-32-36(34-51-42(47)48-25-22-24-44(6-2)7-3)33-50-41(46)31-43-28-37-26-35(4)27-38(29-43)39(37)30-43/h11-12,14-15,35-39H,5-10,13,16-34H2,1-4H3/b12-11-,15-14-/t35?,36?,37-,38+,39?,43?. The lowest BCUT2D eigenvalue weighted by molar-refractivity contribution is -0.151. The second-order valence-corrected chi connectivity index (χ2v) is 16.1. The van der Waals surface area contributed by atoms with Gasteiger partial charge in [-0.25, -0.2) is 4.79 Å². The zero-order valence-electron chi connectivity index (χ0n) is 32.9. The topological polar surface area (TPSA) is 91.4 Å². The van der Waals surface area contributed by atoms with E-state index in [0.717, 1.165) is 108 Å². The third-order valence-electron chi connectivity index (χ3n) is 11.7. The molecule has 6 atom stereocenters. The summed E-state index contributed by atoms with van der Waals surface area (Å²) in [6.07, 6.45) is 28.3. The largest absolute Gasteiger partial charge is 0.508 e. The number of nitrogens with zero attached hydrogens (tertiary/aromatic N) is 1.